The molecule has 21 heavy (non-hydrogen) atoms. The highest BCUT2D eigenvalue weighted by Gasteiger charge is 2.36. The Bertz CT molecular complexity index is 531. The van der Waals surface area contributed by atoms with Gasteiger partial charge in [0.25, 0.3) is 0 Å². The van der Waals surface area contributed by atoms with Crippen molar-refractivity contribution in [1.29, 1.82) is 0 Å². The number of nitrogens with one attached hydrogen (secondary N) is 1. The first kappa shape index (κ1) is 15.6. The summed E-state index contributed by atoms with van der Waals surface area (Å²) in [6, 6.07) is 6.37. The minimum atomic E-state index is -0.666. The Morgan fingerprint density at radius 1 is 1.38 bits per heavy atom. The number of carbonyl (C=O) groups excluding carboxylic acids is 2. The molecule has 1 N–H and O–H groups in total. The molecule has 6 heteroatoms. The van der Waals surface area contributed by atoms with Crippen LogP contribution in [0.4, 0.5) is 4.79 Å². The zero-order chi connectivity index (χ0) is 15.4. The van der Waals surface area contributed by atoms with Crippen molar-refractivity contribution >= 4 is 23.5 Å². The van der Waals surface area contributed by atoms with E-state index in [9.17, 15) is 9.59 Å². The maximum absolute atomic E-state index is 12.6. The summed E-state index contributed by atoms with van der Waals surface area (Å²) < 4.78 is 0. The zero-order valence-corrected chi connectivity index (χ0v) is 13.1. The van der Waals surface area contributed by atoms with Gasteiger partial charge in [-0.15, -0.1) is 0 Å². The van der Waals surface area contributed by atoms with Crippen molar-refractivity contribution in [3.63, 3.8) is 0 Å². The molecule has 0 saturated carbocycles. The summed E-state index contributed by atoms with van der Waals surface area (Å²) >= 11 is 6.21. The van der Waals surface area contributed by atoms with E-state index >= 15 is 0 Å². The number of nitrogens with zero attached hydrogens (tertiary/aromatic N) is 2. The van der Waals surface area contributed by atoms with Crippen LogP contribution in [-0.4, -0.2) is 47.9 Å². The fourth-order valence-corrected chi connectivity index (χ4v) is 2.79. The van der Waals surface area contributed by atoms with Gasteiger partial charge in [-0.2, -0.15) is 0 Å². The molecule has 2 rings (SSSR count). The van der Waals surface area contributed by atoms with Gasteiger partial charge in [0.05, 0.1) is 0 Å². The molecular formula is C15H20ClN3O2. The van der Waals surface area contributed by atoms with E-state index in [0.29, 0.717) is 36.8 Å². The maximum atomic E-state index is 12.6. The molecule has 1 aliphatic heterocycles. The molecule has 0 aliphatic carbocycles. The van der Waals surface area contributed by atoms with Crippen molar-refractivity contribution in [2.24, 2.45) is 0 Å². The first-order valence-corrected chi connectivity index (χ1v) is 7.55. The molecule has 0 radical (unpaired) electrons. The molecule has 1 aromatic rings. The Kier molecular flexibility index (Phi) is 5.07. The molecule has 1 aromatic carbocycles. The predicted molar refractivity (Wildman–Crippen MR) is 82.2 cm³/mol. The Labute approximate surface area is 129 Å². The third-order valence-corrected chi connectivity index (χ3v) is 4.04. The molecule has 1 fully saturated rings. The number of halogens is 1. The van der Waals surface area contributed by atoms with E-state index in [1.54, 1.807) is 21.9 Å². The normalized spacial score (nSPS) is 18.3. The van der Waals surface area contributed by atoms with Gasteiger partial charge < -0.3 is 15.1 Å². The number of carbonyl (C=O) groups is 2. The molecule has 5 nitrogen and oxygen atoms in total. The number of amides is 3. The highest BCUT2D eigenvalue weighted by atomic mass is 35.5. The summed E-state index contributed by atoms with van der Waals surface area (Å²) in [5.74, 6) is -0.185. The Balaban J connectivity index is 2.36. The summed E-state index contributed by atoms with van der Waals surface area (Å²) in [7, 11) is 0. The Hall–Kier alpha value is -1.75. The van der Waals surface area contributed by atoms with Crippen LogP contribution in [-0.2, 0) is 4.79 Å². The van der Waals surface area contributed by atoms with E-state index in [-0.39, 0.29) is 11.9 Å². The zero-order valence-electron chi connectivity index (χ0n) is 12.3. The van der Waals surface area contributed by atoms with Gasteiger partial charge in [0.1, 0.15) is 6.04 Å². The van der Waals surface area contributed by atoms with Crippen LogP contribution in [0, 0.1) is 0 Å². The number of rotatable bonds is 3. The number of hydrogen-bond donors (Lipinski definition) is 1. The number of urea groups is 1. The lowest BCUT2D eigenvalue weighted by molar-refractivity contribution is -0.128. The van der Waals surface area contributed by atoms with Crippen molar-refractivity contribution in [3.05, 3.63) is 34.9 Å². The van der Waals surface area contributed by atoms with Crippen molar-refractivity contribution in [2.45, 2.75) is 19.9 Å². The lowest BCUT2D eigenvalue weighted by atomic mass is 10.0. The van der Waals surface area contributed by atoms with Crippen LogP contribution in [0.1, 0.15) is 25.5 Å². The van der Waals surface area contributed by atoms with Crippen LogP contribution in [0.25, 0.3) is 0 Å². The molecular weight excluding hydrogens is 290 g/mol. The van der Waals surface area contributed by atoms with E-state index in [4.69, 9.17) is 11.6 Å². The lowest BCUT2D eigenvalue weighted by Crippen LogP contribution is -2.55. The van der Waals surface area contributed by atoms with Crippen LogP contribution in [0.3, 0.4) is 0 Å². The molecule has 1 saturated heterocycles. The second-order valence-electron chi connectivity index (χ2n) is 4.86. The monoisotopic (exact) mass is 309 g/mol. The molecule has 0 spiro atoms. The van der Waals surface area contributed by atoms with Gasteiger partial charge in [-0.3, -0.25) is 4.79 Å². The van der Waals surface area contributed by atoms with Gasteiger partial charge in [0.15, 0.2) is 0 Å². The van der Waals surface area contributed by atoms with Crippen LogP contribution >= 0.6 is 11.6 Å². The largest absolute Gasteiger partial charge is 0.352 e. The van der Waals surface area contributed by atoms with E-state index in [1.165, 1.54) is 0 Å². The predicted octanol–water partition coefficient (Wildman–Crippen LogP) is 2.27. The van der Waals surface area contributed by atoms with E-state index in [1.807, 2.05) is 26.0 Å². The van der Waals surface area contributed by atoms with Crippen molar-refractivity contribution in [1.82, 2.24) is 15.1 Å². The highest BCUT2D eigenvalue weighted by Crippen LogP contribution is 2.29. The Morgan fingerprint density at radius 2 is 2.05 bits per heavy atom. The van der Waals surface area contributed by atoms with Crippen LogP contribution in [0.5, 0.6) is 0 Å². The molecule has 1 aliphatic rings. The average molecular weight is 310 g/mol. The second kappa shape index (κ2) is 6.80. The molecule has 0 bridgehead atoms. The van der Waals surface area contributed by atoms with E-state index in [0.717, 1.165) is 0 Å². The van der Waals surface area contributed by atoms with Gasteiger partial charge in [-0.05, 0) is 19.9 Å². The van der Waals surface area contributed by atoms with Crippen molar-refractivity contribution in [2.75, 3.05) is 26.2 Å². The van der Waals surface area contributed by atoms with Gasteiger partial charge in [0.2, 0.25) is 5.91 Å². The van der Waals surface area contributed by atoms with Gasteiger partial charge >= 0.3 is 6.03 Å². The Morgan fingerprint density at radius 3 is 2.67 bits per heavy atom. The van der Waals surface area contributed by atoms with Gasteiger partial charge in [-0.25, -0.2) is 4.79 Å². The molecule has 1 unspecified atom stereocenters. The quantitative estimate of drug-likeness (QED) is 0.931. The van der Waals surface area contributed by atoms with Crippen molar-refractivity contribution < 1.29 is 9.59 Å². The van der Waals surface area contributed by atoms with Crippen LogP contribution in [0.15, 0.2) is 24.3 Å². The topological polar surface area (TPSA) is 52.7 Å². The number of piperazine rings is 1. The van der Waals surface area contributed by atoms with Crippen LogP contribution in [0.2, 0.25) is 5.02 Å². The van der Waals surface area contributed by atoms with Crippen LogP contribution < -0.4 is 5.32 Å². The smallest absolute Gasteiger partial charge is 0.321 e. The SMILES string of the molecule is CCN(CC)C(=O)N1CCNC(=O)C1c1ccccc1Cl. The molecule has 1 heterocycles. The molecule has 0 aromatic heterocycles. The summed E-state index contributed by atoms with van der Waals surface area (Å²) in [5.41, 5.74) is 0.664. The maximum Gasteiger partial charge on any atom is 0.321 e. The van der Waals surface area contributed by atoms with Gasteiger partial charge in [-0.1, -0.05) is 29.8 Å². The third kappa shape index (κ3) is 3.13. The first-order valence-electron chi connectivity index (χ1n) is 7.17. The average Bonchev–Trinajstić information content (AvgIpc) is 2.49. The summed E-state index contributed by atoms with van der Waals surface area (Å²) in [5, 5.41) is 3.30. The summed E-state index contributed by atoms with van der Waals surface area (Å²) in [6.45, 7) is 6.03. The fraction of sp³-hybridized carbons (Fsp3) is 0.467. The minimum Gasteiger partial charge on any atom is -0.352 e. The standard InChI is InChI=1S/C15H20ClN3O2/c1-3-18(4-2)15(21)19-10-9-17-14(20)13(19)11-7-5-6-8-12(11)16/h5-8,13H,3-4,9-10H2,1-2H3,(H,17,20). The third-order valence-electron chi connectivity index (χ3n) is 3.69. The lowest BCUT2D eigenvalue weighted by Gasteiger charge is -2.38. The number of benzene rings is 1. The molecule has 1 atom stereocenters. The second-order valence-corrected chi connectivity index (χ2v) is 5.27. The summed E-state index contributed by atoms with van der Waals surface area (Å²) in [4.78, 5) is 28.2. The van der Waals surface area contributed by atoms with E-state index < -0.39 is 6.04 Å². The van der Waals surface area contributed by atoms with E-state index in [2.05, 4.69) is 5.32 Å². The van der Waals surface area contributed by atoms with Gasteiger partial charge in [0, 0.05) is 36.8 Å². The fourth-order valence-electron chi connectivity index (χ4n) is 2.55. The van der Waals surface area contributed by atoms with Crippen molar-refractivity contribution in [3.8, 4) is 0 Å². The molecule has 114 valence electrons. The first-order chi connectivity index (χ1) is 10.1. The minimum absolute atomic E-state index is 0.125. The molecule has 3 amide bonds. The summed E-state index contributed by atoms with van der Waals surface area (Å²) in [6.07, 6.45) is 0. The number of hydrogen-bond acceptors (Lipinski definition) is 2. The highest BCUT2D eigenvalue weighted by molar-refractivity contribution is 6.31.